The minimum absolute atomic E-state index is 0.393. The number of methoxy groups -OCH3 is 1. The predicted octanol–water partition coefficient (Wildman–Crippen LogP) is 5.27. The van der Waals surface area contributed by atoms with Crippen LogP contribution in [0.3, 0.4) is 0 Å². The van der Waals surface area contributed by atoms with E-state index in [0.717, 1.165) is 16.9 Å². The van der Waals surface area contributed by atoms with Gasteiger partial charge < -0.3 is 15.4 Å². The zero-order valence-electron chi connectivity index (χ0n) is 15.2. The van der Waals surface area contributed by atoms with Gasteiger partial charge in [0, 0.05) is 22.9 Å². The van der Waals surface area contributed by atoms with Gasteiger partial charge in [-0.05, 0) is 41.5 Å². The molecule has 0 aliphatic rings. The monoisotopic (exact) mass is 430 g/mol. The summed E-state index contributed by atoms with van der Waals surface area (Å²) in [7, 11) is 1.37. The molecule has 1 heterocycles. The fourth-order valence-electron chi connectivity index (χ4n) is 2.66. The predicted molar refractivity (Wildman–Crippen MR) is 119 cm³/mol. The van der Waals surface area contributed by atoms with E-state index in [1.807, 2.05) is 48.5 Å². The first-order valence-corrected chi connectivity index (χ1v) is 10.2. The SMILES string of the molecule is COC(=O)c1cc(Cc2ccccc2)sc1NC(=S)NCc1cccc(Cl)c1. The first-order chi connectivity index (χ1) is 13.5. The van der Waals surface area contributed by atoms with Crippen molar-refractivity contribution in [2.75, 3.05) is 12.4 Å². The Kier molecular flexibility index (Phi) is 7.03. The number of rotatable bonds is 6. The minimum Gasteiger partial charge on any atom is -0.465 e. The molecule has 0 atom stereocenters. The number of thiophene rings is 1. The van der Waals surface area contributed by atoms with Crippen molar-refractivity contribution in [1.82, 2.24) is 5.32 Å². The van der Waals surface area contributed by atoms with Gasteiger partial charge in [0.25, 0.3) is 0 Å². The smallest absolute Gasteiger partial charge is 0.340 e. The quantitative estimate of drug-likeness (QED) is 0.412. The van der Waals surface area contributed by atoms with Crippen LogP contribution in [0.15, 0.2) is 60.7 Å². The molecule has 0 aliphatic heterocycles. The standard InChI is InChI=1S/C21H19ClN2O2S2/c1-26-20(25)18-12-17(11-14-6-3-2-4-7-14)28-19(18)24-21(27)23-13-15-8-5-9-16(22)10-15/h2-10,12H,11,13H2,1H3,(H2,23,24,27). The highest BCUT2D eigenvalue weighted by Crippen LogP contribution is 2.30. The summed E-state index contributed by atoms with van der Waals surface area (Å²) in [5.41, 5.74) is 2.67. The summed E-state index contributed by atoms with van der Waals surface area (Å²) in [6.45, 7) is 0.530. The lowest BCUT2D eigenvalue weighted by Crippen LogP contribution is -2.28. The van der Waals surface area contributed by atoms with Crippen LogP contribution in [-0.2, 0) is 17.7 Å². The molecular weight excluding hydrogens is 412 g/mol. The van der Waals surface area contributed by atoms with Crippen molar-refractivity contribution in [2.45, 2.75) is 13.0 Å². The van der Waals surface area contributed by atoms with Crippen LogP contribution in [0.4, 0.5) is 5.00 Å². The molecule has 0 fully saturated rings. The number of esters is 1. The Morgan fingerprint density at radius 2 is 1.86 bits per heavy atom. The lowest BCUT2D eigenvalue weighted by atomic mass is 10.1. The lowest BCUT2D eigenvalue weighted by Gasteiger charge is -2.10. The van der Waals surface area contributed by atoms with Crippen LogP contribution in [0.25, 0.3) is 0 Å². The Morgan fingerprint density at radius 1 is 1.11 bits per heavy atom. The Balaban J connectivity index is 1.70. The number of carbonyl (C=O) groups excluding carboxylic acids is 1. The molecule has 0 unspecified atom stereocenters. The fourth-order valence-corrected chi connectivity index (χ4v) is 4.19. The van der Waals surface area contributed by atoms with Crippen molar-refractivity contribution in [2.24, 2.45) is 0 Å². The molecule has 144 valence electrons. The second-order valence-corrected chi connectivity index (χ2v) is 8.03. The molecule has 28 heavy (non-hydrogen) atoms. The molecule has 2 aromatic carbocycles. The molecule has 4 nitrogen and oxygen atoms in total. The third kappa shape index (κ3) is 5.55. The topological polar surface area (TPSA) is 50.4 Å². The Hall–Kier alpha value is -2.41. The largest absolute Gasteiger partial charge is 0.465 e. The molecule has 0 radical (unpaired) electrons. The van der Waals surface area contributed by atoms with Crippen LogP contribution in [0.2, 0.25) is 5.02 Å². The van der Waals surface area contributed by atoms with E-state index in [-0.39, 0.29) is 0 Å². The third-order valence-electron chi connectivity index (χ3n) is 3.98. The van der Waals surface area contributed by atoms with Gasteiger partial charge in [-0.15, -0.1) is 11.3 Å². The van der Waals surface area contributed by atoms with Gasteiger partial charge in [0.2, 0.25) is 0 Å². The first kappa shape index (κ1) is 20.3. The number of thiocarbonyl (C=S) groups is 1. The van der Waals surface area contributed by atoms with Crippen LogP contribution < -0.4 is 10.6 Å². The summed E-state index contributed by atoms with van der Waals surface area (Å²) in [6.07, 6.45) is 0.736. The normalized spacial score (nSPS) is 10.4. The van der Waals surface area contributed by atoms with Crippen molar-refractivity contribution in [3.8, 4) is 0 Å². The van der Waals surface area contributed by atoms with Crippen LogP contribution in [-0.4, -0.2) is 18.2 Å². The van der Waals surface area contributed by atoms with E-state index in [1.54, 1.807) is 0 Å². The van der Waals surface area contributed by atoms with Crippen LogP contribution in [0.5, 0.6) is 0 Å². The van der Waals surface area contributed by atoms with E-state index in [4.69, 9.17) is 28.6 Å². The van der Waals surface area contributed by atoms with E-state index in [0.29, 0.717) is 27.2 Å². The Labute approximate surface area is 178 Å². The van der Waals surface area contributed by atoms with Crippen LogP contribution in [0, 0.1) is 0 Å². The third-order valence-corrected chi connectivity index (χ3v) is 5.51. The van der Waals surface area contributed by atoms with E-state index >= 15 is 0 Å². The zero-order valence-corrected chi connectivity index (χ0v) is 17.6. The number of hydrogen-bond donors (Lipinski definition) is 2. The van der Waals surface area contributed by atoms with E-state index in [2.05, 4.69) is 22.8 Å². The maximum absolute atomic E-state index is 12.2. The number of hydrogen-bond acceptors (Lipinski definition) is 4. The average molecular weight is 431 g/mol. The number of ether oxygens (including phenoxy) is 1. The van der Waals surface area contributed by atoms with Gasteiger partial charge in [0.1, 0.15) is 5.00 Å². The fraction of sp³-hybridized carbons (Fsp3) is 0.143. The van der Waals surface area contributed by atoms with Gasteiger partial charge >= 0.3 is 5.97 Å². The Bertz CT molecular complexity index is 974. The number of carbonyl (C=O) groups is 1. The molecule has 0 amide bonds. The summed E-state index contributed by atoms with van der Waals surface area (Å²) < 4.78 is 4.91. The summed E-state index contributed by atoms with van der Waals surface area (Å²) in [6, 6.07) is 19.5. The molecule has 2 N–H and O–H groups in total. The number of anilines is 1. The summed E-state index contributed by atoms with van der Waals surface area (Å²) in [4.78, 5) is 13.2. The average Bonchev–Trinajstić information content (AvgIpc) is 3.08. The van der Waals surface area contributed by atoms with Crippen LogP contribution in [0.1, 0.15) is 26.4 Å². The number of nitrogens with one attached hydrogen (secondary N) is 2. The molecule has 0 bridgehead atoms. The maximum atomic E-state index is 12.2. The Morgan fingerprint density at radius 3 is 2.57 bits per heavy atom. The maximum Gasteiger partial charge on any atom is 0.340 e. The molecule has 0 spiro atoms. The zero-order chi connectivity index (χ0) is 19.9. The number of halogens is 1. The van der Waals surface area contributed by atoms with Crippen molar-refractivity contribution < 1.29 is 9.53 Å². The van der Waals surface area contributed by atoms with E-state index < -0.39 is 5.97 Å². The highest BCUT2D eigenvalue weighted by Gasteiger charge is 2.18. The second kappa shape index (κ2) is 9.68. The van der Waals surface area contributed by atoms with E-state index in [1.165, 1.54) is 24.0 Å². The summed E-state index contributed by atoms with van der Waals surface area (Å²) >= 11 is 12.9. The van der Waals surface area contributed by atoms with E-state index in [9.17, 15) is 4.79 Å². The molecule has 3 aromatic rings. The van der Waals surface area contributed by atoms with Gasteiger partial charge in [0.15, 0.2) is 5.11 Å². The van der Waals surface area contributed by atoms with Crippen molar-refractivity contribution in [3.05, 3.63) is 87.3 Å². The molecule has 0 saturated heterocycles. The lowest BCUT2D eigenvalue weighted by molar-refractivity contribution is 0.0602. The summed E-state index contributed by atoms with van der Waals surface area (Å²) in [5, 5.41) is 8.03. The highest BCUT2D eigenvalue weighted by atomic mass is 35.5. The summed E-state index contributed by atoms with van der Waals surface area (Å²) in [5.74, 6) is -0.393. The van der Waals surface area contributed by atoms with Crippen LogP contribution >= 0.6 is 35.2 Å². The van der Waals surface area contributed by atoms with Crippen molar-refractivity contribution in [3.63, 3.8) is 0 Å². The van der Waals surface area contributed by atoms with Gasteiger partial charge in [-0.25, -0.2) is 4.79 Å². The number of benzene rings is 2. The molecule has 3 rings (SSSR count). The molecule has 0 aliphatic carbocycles. The molecule has 7 heteroatoms. The van der Waals surface area contributed by atoms with Gasteiger partial charge in [-0.3, -0.25) is 0 Å². The first-order valence-electron chi connectivity index (χ1n) is 8.59. The van der Waals surface area contributed by atoms with Gasteiger partial charge in [-0.2, -0.15) is 0 Å². The minimum atomic E-state index is -0.393. The van der Waals surface area contributed by atoms with Gasteiger partial charge in [0.05, 0.1) is 12.7 Å². The highest BCUT2D eigenvalue weighted by molar-refractivity contribution is 7.80. The molecule has 1 aromatic heterocycles. The van der Waals surface area contributed by atoms with Crippen molar-refractivity contribution >= 4 is 51.2 Å². The molecular formula is C21H19ClN2O2S2. The van der Waals surface area contributed by atoms with Gasteiger partial charge in [-0.1, -0.05) is 54.1 Å². The molecule has 0 saturated carbocycles. The second-order valence-electron chi connectivity index (χ2n) is 6.05. The van der Waals surface area contributed by atoms with Crippen molar-refractivity contribution in [1.29, 1.82) is 0 Å².